The first-order chi connectivity index (χ1) is 15.6. The second-order valence-electron chi connectivity index (χ2n) is 7.03. The monoisotopic (exact) mass is 433 g/mol. The Morgan fingerprint density at radius 3 is 1.75 bits per heavy atom. The number of hydrogen-bond donors (Lipinski definition) is 0. The Labute approximate surface area is 186 Å². The van der Waals surface area contributed by atoms with E-state index >= 15 is 0 Å². The SMILES string of the molecule is COc1ccc(-c2[o+]c(-c3ccc(OC)c(OC)c3)cc3cc(OC)c(OC)cc23)cc1. The molecule has 0 radical (unpaired) electrons. The second kappa shape index (κ2) is 9.06. The van der Waals surface area contributed by atoms with Gasteiger partial charge in [-0.15, -0.1) is 0 Å². The Bertz CT molecular complexity index is 1250. The van der Waals surface area contributed by atoms with Crippen LogP contribution in [-0.2, 0) is 0 Å². The van der Waals surface area contributed by atoms with Crippen molar-refractivity contribution in [2.45, 2.75) is 0 Å². The number of fused-ring (bicyclic) bond motifs is 1. The predicted molar refractivity (Wildman–Crippen MR) is 124 cm³/mol. The molecule has 164 valence electrons. The highest BCUT2D eigenvalue weighted by atomic mass is 16.5. The molecule has 3 aromatic carbocycles. The molecule has 6 heteroatoms. The minimum Gasteiger partial charge on any atom is -0.497 e. The number of rotatable bonds is 7. The van der Waals surface area contributed by atoms with Gasteiger partial charge < -0.3 is 23.7 Å². The van der Waals surface area contributed by atoms with Crippen LogP contribution in [0.2, 0.25) is 0 Å². The van der Waals surface area contributed by atoms with E-state index in [1.54, 1.807) is 35.5 Å². The van der Waals surface area contributed by atoms with Gasteiger partial charge in [-0.25, -0.2) is 4.42 Å². The molecular formula is C26H25O6+. The quantitative estimate of drug-likeness (QED) is 0.329. The van der Waals surface area contributed by atoms with Crippen molar-refractivity contribution in [1.82, 2.24) is 0 Å². The maximum absolute atomic E-state index is 6.45. The van der Waals surface area contributed by atoms with Crippen LogP contribution < -0.4 is 23.7 Å². The molecular weight excluding hydrogens is 408 g/mol. The molecule has 1 aromatic heterocycles. The largest absolute Gasteiger partial charge is 0.497 e. The molecule has 0 aliphatic carbocycles. The van der Waals surface area contributed by atoms with E-state index in [4.69, 9.17) is 28.1 Å². The van der Waals surface area contributed by atoms with Crippen molar-refractivity contribution in [3.63, 3.8) is 0 Å². The highest BCUT2D eigenvalue weighted by Gasteiger charge is 2.25. The third-order valence-corrected chi connectivity index (χ3v) is 5.32. The van der Waals surface area contributed by atoms with Gasteiger partial charge in [-0.3, -0.25) is 0 Å². The fourth-order valence-electron chi connectivity index (χ4n) is 3.63. The first-order valence-corrected chi connectivity index (χ1v) is 10.0. The molecule has 0 fully saturated rings. The highest BCUT2D eigenvalue weighted by molar-refractivity contribution is 5.97. The van der Waals surface area contributed by atoms with Crippen LogP contribution in [0, 0.1) is 0 Å². The predicted octanol–water partition coefficient (Wildman–Crippen LogP) is 6.09. The summed E-state index contributed by atoms with van der Waals surface area (Å²) in [6, 6.07) is 19.3. The van der Waals surface area contributed by atoms with Crippen molar-refractivity contribution in [1.29, 1.82) is 0 Å². The van der Waals surface area contributed by atoms with Gasteiger partial charge in [0.05, 0.1) is 58.1 Å². The average molecular weight is 433 g/mol. The van der Waals surface area contributed by atoms with E-state index in [2.05, 4.69) is 0 Å². The van der Waals surface area contributed by atoms with Crippen LogP contribution in [0.5, 0.6) is 28.7 Å². The molecule has 1 heterocycles. The van der Waals surface area contributed by atoms with Gasteiger partial charge >= 0.3 is 11.5 Å². The van der Waals surface area contributed by atoms with Crippen molar-refractivity contribution in [3.8, 4) is 51.4 Å². The zero-order valence-corrected chi connectivity index (χ0v) is 18.7. The van der Waals surface area contributed by atoms with Gasteiger partial charge in [0.2, 0.25) is 0 Å². The minimum atomic E-state index is 0.624. The van der Waals surface area contributed by atoms with Crippen LogP contribution in [0.1, 0.15) is 0 Å². The molecule has 0 bridgehead atoms. The van der Waals surface area contributed by atoms with E-state index in [-0.39, 0.29) is 0 Å². The molecule has 4 rings (SSSR count). The van der Waals surface area contributed by atoms with Crippen LogP contribution >= 0.6 is 0 Å². The molecule has 32 heavy (non-hydrogen) atoms. The zero-order chi connectivity index (χ0) is 22.7. The van der Waals surface area contributed by atoms with E-state index in [1.807, 2.05) is 60.7 Å². The lowest BCUT2D eigenvalue weighted by molar-refractivity contribution is 0.355. The Morgan fingerprint density at radius 1 is 0.531 bits per heavy atom. The van der Waals surface area contributed by atoms with E-state index < -0.39 is 0 Å². The smallest absolute Gasteiger partial charge is 0.368 e. The summed E-state index contributed by atoms with van der Waals surface area (Å²) in [6.45, 7) is 0. The van der Waals surface area contributed by atoms with Crippen molar-refractivity contribution in [2.24, 2.45) is 0 Å². The lowest BCUT2D eigenvalue weighted by Gasteiger charge is -2.10. The first kappa shape index (κ1) is 21.3. The number of ether oxygens (including phenoxy) is 5. The standard InChI is InChI=1S/C26H25O6/c1-27-19-9-6-16(7-10-19)26-20-15-25(31-5)24(30-4)14-18(20)13-22(32-26)17-8-11-21(28-2)23(12-17)29-3/h6-15H,1-5H3/q+1. The first-order valence-electron chi connectivity index (χ1n) is 10.0. The summed E-state index contributed by atoms with van der Waals surface area (Å²) in [5, 5.41) is 1.85. The zero-order valence-electron chi connectivity index (χ0n) is 18.7. The molecule has 0 saturated heterocycles. The maximum Gasteiger partial charge on any atom is 0.368 e. The van der Waals surface area contributed by atoms with Crippen molar-refractivity contribution >= 4 is 10.8 Å². The average Bonchev–Trinajstić information content (AvgIpc) is 2.86. The van der Waals surface area contributed by atoms with Crippen LogP contribution in [0.25, 0.3) is 33.4 Å². The molecule has 0 N–H and O–H groups in total. The fraction of sp³-hybridized carbons (Fsp3) is 0.192. The highest BCUT2D eigenvalue weighted by Crippen LogP contribution is 2.41. The Kier molecular flexibility index (Phi) is 6.03. The number of hydrogen-bond acceptors (Lipinski definition) is 5. The third kappa shape index (κ3) is 3.87. The summed E-state index contributed by atoms with van der Waals surface area (Å²) >= 11 is 0. The molecule has 4 aromatic rings. The van der Waals surface area contributed by atoms with Gasteiger partial charge in [0.25, 0.3) is 0 Å². The van der Waals surface area contributed by atoms with Gasteiger partial charge in [-0.05, 0) is 42.5 Å². The summed E-state index contributed by atoms with van der Waals surface area (Å²) in [5.41, 5.74) is 1.76. The maximum atomic E-state index is 6.45. The van der Waals surface area contributed by atoms with Crippen LogP contribution in [-0.4, -0.2) is 35.5 Å². The van der Waals surface area contributed by atoms with Crippen LogP contribution in [0.4, 0.5) is 0 Å². The molecule has 0 unspecified atom stereocenters. The Balaban J connectivity index is 1.98. The van der Waals surface area contributed by atoms with Crippen molar-refractivity contribution in [2.75, 3.05) is 35.5 Å². The molecule has 6 nitrogen and oxygen atoms in total. The van der Waals surface area contributed by atoms with Gasteiger partial charge in [0, 0.05) is 17.5 Å². The molecule has 0 saturated carbocycles. The summed E-state index contributed by atoms with van der Waals surface area (Å²) < 4.78 is 33.7. The lowest BCUT2D eigenvalue weighted by Crippen LogP contribution is -1.93. The van der Waals surface area contributed by atoms with E-state index in [9.17, 15) is 0 Å². The third-order valence-electron chi connectivity index (χ3n) is 5.32. The van der Waals surface area contributed by atoms with Crippen LogP contribution in [0.3, 0.4) is 0 Å². The van der Waals surface area contributed by atoms with E-state index in [1.165, 1.54) is 0 Å². The van der Waals surface area contributed by atoms with E-state index in [0.717, 1.165) is 27.6 Å². The summed E-state index contributed by atoms with van der Waals surface area (Å²) in [7, 11) is 8.10. The van der Waals surface area contributed by atoms with Crippen molar-refractivity contribution in [3.05, 3.63) is 60.7 Å². The second-order valence-corrected chi connectivity index (χ2v) is 7.03. The van der Waals surface area contributed by atoms with Gasteiger partial charge in [-0.2, -0.15) is 0 Å². The Hall–Kier alpha value is -3.93. The summed E-state index contributed by atoms with van der Waals surface area (Å²) in [5.74, 6) is 4.70. The number of benzene rings is 3. The minimum absolute atomic E-state index is 0.624. The van der Waals surface area contributed by atoms with E-state index in [0.29, 0.717) is 34.5 Å². The topological polar surface area (TPSA) is 57.5 Å². The molecule has 0 aliphatic rings. The molecule has 0 aliphatic heterocycles. The molecule has 0 atom stereocenters. The van der Waals surface area contributed by atoms with Gasteiger partial charge in [0.1, 0.15) is 5.75 Å². The molecule has 0 spiro atoms. The van der Waals surface area contributed by atoms with Crippen LogP contribution in [0.15, 0.2) is 65.1 Å². The van der Waals surface area contributed by atoms with Gasteiger partial charge in [-0.1, -0.05) is 0 Å². The van der Waals surface area contributed by atoms with Gasteiger partial charge in [0.15, 0.2) is 23.0 Å². The van der Waals surface area contributed by atoms with Crippen molar-refractivity contribution < 1.29 is 28.1 Å². The summed E-state index contributed by atoms with van der Waals surface area (Å²) in [4.78, 5) is 0. The lowest BCUT2D eigenvalue weighted by atomic mass is 10.0. The summed E-state index contributed by atoms with van der Waals surface area (Å²) in [6.07, 6.45) is 0. The normalized spacial score (nSPS) is 10.7. The fourth-order valence-corrected chi connectivity index (χ4v) is 3.63. The number of methoxy groups -OCH3 is 5. The Morgan fingerprint density at radius 2 is 1.12 bits per heavy atom. The molecule has 0 amide bonds.